The third-order valence-electron chi connectivity index (χ3n) is 6.52. The predicted octanol–water partition coefficient (Wildman–Crippen LogP) is 9.30. The maximum absolute atomic E-state index is 11.2. The van der Waals surface area contributed by atoms with E-state index in [9.17, 15) is 8.42 Å². The van der Waals surface area contributed by atoms with Gasteiger partial charge in [-0.1, -0.05) is 141 Å². The van der Waals surface area contributed by atoms with Gasteiger partial charge in [0.15, 0.2) is 0 Å². The summed E-state index contributed by atoms with van der Waals surface area (Å²) < 4.78 is 31.5. The molecule has 0 fully saturated rings. The van der Waals surface area contributed by atoms with Crippen molar-refractivity contribution in [1.29, 1.82) is 0 Å². The highest BCUT2D eigenvalue weighted by molar-refractivity contribution is 7.85. The summed E-state index contributed by atoms with van der Waals surface area (Å²) in [7, 11) is -4.09. The Morgan fingerprint density at radius 2 is 0.969 bits per heavy atom. The monoisotopic (exact) mass is 466 g/mol. The number of rotatable bonds is 22. The van der Waals surface area contributed by atoms with Crippen molar-refractivity contribution in [3.63, 3.8) is 0 Å². The SMILES string of the molecule is CCCCCCCCCCCCCCCCCCCCCCc1cccc(S(=O)(=O)O)c1. The van der Waals surface area contributed by atoms with Gasteiger partial charge in [-0.3, -0.25) is 4.55 Å². The lowest BCUT2D eigenvalue weighted by Gasteiger charge is -2.05. The standard InChI is InChI=1S/C28H50O3S/c1-2-3-4-5-6-7-8-9-10-11-12-13-14-15-16-17-18-19-20-21-23-27-24-22-25-28(26-27)32(29,30)31/h22,24-26H,2-21,23H2,1H3,(H,29,30,31). The van der Waals surface area contributed by atoms with Gasteiger partial charge in [-0.2, -0.15) is 8.42 Å². The maximum Gasteiger partial charge on any atom is 0.294 e. The molecule has 0 aromatic heterocycles. The minimum atomic E-state index is -4.09. The van der Waals surface area contributed by atoms with Crippen LogP contribution in [-0.4, -0.2) is 13.0 Å². The van der Waals surface area contributed by atoms with E-state index in [1.165, 1.54) is 128 Å². The van der Waals surface area contributed by atoms with Gasteiger partial charge in [0, 0.05) is 0 Å². The summed E-state index contributed by atoms with van der Waals surface area (Å²) in [4.78, 5) is 0.00293. The van der Waals surface area contributed by atoms with Crippen LogP contribution in [0.2, 0.25) is 0 Å². The molecule has 3 nitrogen and oxygen atoms in total. The molecule has 32 heavy (non-hydrogen) atoms. The molecule has 0 radical (unpaired) electrons. The topological polar surface area (TPSA) is 54.4 Å². The Hall–Kier alpha value is -0.870. The molecule has 0 saturated heterocycles. The van der Waals surface area contributed by atoms with Crippen LogP contribution in [0.5, 0.6) is 0 Å². The van der Waals surface area contributed by atoms with Gasteiger partial charge in [0.2, 0.25) is 0 Å². The van der Waals surface area contributed by atoms with Crippen molar-refractivity contribution in [2.24, 2.45) is 0 Å². The molecule has 0 aliphatic rings. The van der Waals surface area contributed by atoms with Crippen molar-refractivity contribution in [2.75, 3.05) is 0 Å². The average molecular weight is 467 g/mol. The molecule has 0 aliphatic heterocycles. The lowest BCUT2D eigenvalue weighted by molar-refractivity contribution is 0.483. The quantitative estimate of drug-likeness (QED) is 0.137. The largest absolute Gasteiger partial charge is 0.294 e. The predicted molar refractivity (Wildman–Crippen MR) is 138 cm³/mol. The first-order valence-electron chi connectivity index (χ1n) is 13.6. The Labute approximate surface area is 199 Å². The van der Waals surface area contributed by atoms with Gasteiger partial charge >= 0.3 is 0 Å². The Morgan fingerprint density at radius 3 is 1.34 bits per heavy atom. The van der Waals surface area contributed by atoms with Crippen LogP contribution in [0.15, 0.2) is 29.2 Å². The van der Waals surface area contributed by atoms with Crippen LogP contribution >= 0.6 is 0 Å². The second-order valence-corrected chi connectivity index (χ2v) is 11.0. The summed E-state index contributed by atoms with van der Waals surface area (Å²) in [6, 6.07) is 6.67. The van der Waals surface area contributed by atoms with E-state index in [1.807, 2.05) is 6.07 Å². The van der Waals surface area contributed by atoms with Gasteiger partial charge in [0.05, 0.1) is 4.90 Å². The molecular formula is C28H50O3S. The molecule has 4 heteroatoms. The smallest absolute Gasteiger partial charge is 0.282 e. The van der Waals surface area contributed by atoms with Crippen molar-refractivity contribution in [3.8, 4) is 0 Å². The zero-order chi connectivity index (χ0) is 23.3. The fourth-order valence-electron chi connectivity index (χ4n) is 4.45. The molecule has 1 aromatic rings. The van der Waals surface area contributed by atoms with Gasteiger partial charge in [0.25, 0.3) is 10.1 Å². The highest BCUT2D eigenvalue weighted by Crippen LogP contribution is 2.16. The third-order valence-corrected chi connectivity index (χ3v) is 7.36. The minimum Gasteiger partial charge on any atom is -0.282 e. The van der Waals surface area contributed by atoms with Crippen LogP contribution in [0, 0.1) is 0 Å². The normalized spacial score (nSPS) is 11.8. The molecule has 0 amide bonds. The van der Waals surface area contributed by atoms with Crippen molar-refractivity contribution < 1.29 is 13.0 Å². The molecule has 0 aliphatic carbocycles. The molecule has 0 heterocycles. The summed E-state index contributed by atoms with van der Waals surface area (Å²) in [5.74, 6) is 0. The fraction of sp³-hybridized carbons (Fsp3) is 0.786. The Bertz CT molecular complexity index is 654. The molecule has 0 unspecified atom stereocenters. The maximum atomic E-state index is 11.2. The summed E-state index contributed by atoms with van der Waals surface area (Å²) in [5.41, 5.74) is 0.988. The van der Waals surface area contributed by atoms with E-state index in [2.05, 4.69) is 6.92 Å². The van der Waals surface area contributed by atoms with E-state index in [4.69, 9.17) is 4.55 Å². The Kier molecular flexibility index (Phi) is 17.8. The summed E-state index contributed by atoms with van der Waals surface area (Å²) in [6.45, 7) is 2.28. The van der Waals surface area contributed by atoms with Crippen molar-refractivity contribution in [1.82, 2.24) is 0 Å². The van der Waals surface area contributed by atoms with E-state index in [0.717, 1.165) is 18.4 Å². The van der Waals surface area contributed by atoms with Crippen LogP contribution in [0.3, 0.4) is 0 Å². The summed E-state index contributed by atoms with van der Waals surface area (Å²) in [5, 5.41) is 0. The molecule has 1 rings (SSSR count). The van der Waals surface area contributed by atoms with E-state index < -0.39 is 10.1 Å². The number of hydrogen-bond donors (Lipinski definition) is 1. The first-order valence-corrected chi connectivity index (χ1v) is 15.0. The number of unbranched alkanes of at least 4 members (excludes halogenated alkanes) is 19. The first-order chi connectivity index (χ1) is 15.5. The van der Waals surface area contributed by atoms with E-state index in [1.54, 1.807) is 12.1 Å². The van der Waals surface area contributed by atoms with Crippen LogP contribution in [0.25, 0.3) is 0 Å². The van der Waals surface area contributed by atoms with E-state index in [-0.39, 0.29) is 4.90 Å². The minimum absolute atomic E-state index is 0.00293. The molecule has 0 atom stereocenters. The van der Waals surface area contributed by atoms with Crippen molar-refractivity contribution >= 4 is 10.1 Å². The third kappa shape index (κ3) is 16.7. The van der Waals surface area contributed by atoms with Gasteiger partial charge in [0.1, 0.15) is 0 Å². The second kappa shape index (κ2) is 19.6. The Morgan fingerprint density at radius 1 is 0.594 bits per heavy atom. The first kappa shape index (κ1) is 29.2. The zero-order valence-electron chi connectivity index (χ0n) is 20.8. The van der Waals surface area contributed by atoms with Crippen molar-refractivity contribution in [3.05, 3.63) is 29.8 Å². The van der Waals surface area contributed by atoms with Gasteiger partial charge in [-0.05, 0) is 30.5 Å². The average Bonchev–Trinajstić information content (AvgIpc) is 2.77. The second-order valence-electron chi connectivity index (χ2n) is 9.59. The fourth-order valence-corrected chi connectivity index (χ4v) is 5.00. The van der Waals surface area contributed by atoms with Crippen LogP contribution in [0.4, 0.5) is 0 Å². The zero-order valence-corrected chi connectivity index (χ0v) is 21.6. The van der Waals surface area contributed by atoms with Crippen LogP contribution in [-0.2, 0) is 16.5 Å². The molecular weight excluding hydrogens is 416 g/mol. The lowest BCUT2D eigenvalue weighted by Crippen LogP contribution is -1.98. The van der Waals surface area contributed by atoms with Crippen LogP contribution in [0.1, 0.15) is 141 Å². The number of hydrogen-bond acceptors (Lipinski definition) is 2. The van der Waals surface area contributed by atoms with Gasteiger partial charge in [-0.15, -0.1) is 0 Å². The van der Waals surface area contributed by atoms with Crippen molar-refractivity contribution in [2.45, 2.75) is 147 Å². The van der Waals surface area contributed by atoms with E-state index in [0.29, 0.717) is 0 Å². The van der Waals surface area contributed by atoms with Gasteiger partial charge < -0.3 is 0 Å². The molecule has 1 aromatic carbocycles. The van der Waals surface area contributed by atoms with Crippen LogP contribution < -0.4 is 0 Å². The molecule has 0 bridgehead atoms. The lowest BCUT2D eigenvalue weighted by atomic mass is 10.0. The number of benzene rings is 1. The summed E-state index contributed by atoms with van der Waals surface area (Å²) in [6.07, 6.45) is 28.4. The molecule has 0 spiro atoms. The van der Waals surface area contributed by atoms with Gasteiger partial charge in [-0.25, -0.2) is 0 Å². The summed E-state index contributed by atoms with van der Waals surface area (Å²) >= 11 is 0. The Balaban J connectivity index is 1.80. The van der Waals surface area contributed by atoms with E-state index >= 15 is 0 Å². The molecule has 1 N–H and O–H groups in total. The molecule has 186 valence electrons. The highest BCUT2D eigenvalue weighted by atomic mass is 32.2. The highest BCUT2D eigenvalue weighted by Gasteiger charge is 2.09. The number of aryl methyl sites for hydroxylation is 1. The molecule has 0 saturated carbocycles.